The van der Waals surface area contributed by atoms with Gasteiger partial charge in [-0.25, -0.2) is 4.98 Å². The molecule has 0 aliphatic heterocycles. The highest BCUT2D eigenvalue weighted by molar-refractivity contribution is 5.94. The molecular formula is C13H22N4O2. The third kappa shape index (κ3) is 4.10. The minimum absolute atomic E-state index is 0.0599. The summed E-state index contributed by atoms with van der Waals surface area (Å²) in [6.45, 7) is 1.49. The third-order valence-corrected chi connectivity index (χ3v) is 2.79. The van der Waals surface area contributed by atoms with Gasteiger partial charge in [0.05, 0.1) is 12.7 Å². The van der Waals surface area contributed by atoms with Crippen LogP contribution in [0, 0.1) is 0 Å². The zero-order chi connectivity index (χ0) is 14.4. The van der Waals surface area contributed by atoms with Gasteiger partial charge in [-0.1, -0.05) is 0 Å². The van der Waals surface area contributed by atoms with Crippen LogP contribution in [0.2, 0.25) is 0 Å². The van der Waals surface area contributed by atoms with E-state index in [0.717, 1.165) is 6.54 Å². The number of carbonyl (C=O) groups excluding carboxylic acids is 1. The predicted octanol–water partition coefficient (Wildman–Crippen LogP) is 0.766. The number of aromatic nitrogens is 1. The first-order chi connectivity index (χ1) is 8.99. The fourth-order valence-corrected chi connectivity index (χ4v) is 1.58. The summed E-state index contributed by atoms with van der Waals surface area (Å²) in [5, 5.41) is 2.91. The Morgan fingerprint density at radius 1 is 1.37 bits per heavy atom. The second kappa shape index (κ2) is 6.94. The van der Waals surface area contributed by atoms with Gasteiger partial charge in [-0.05, 0) is 20.2 Å². The summed E-state index contributed by atoms with van der Waals surface area (Å²) >= 11 is 0. The number of carbonyl (C=O) groups is 1. The monoisotopic (exact) mass is 266 g/mol. The fraction of sp³-hybridized carbons (Fsp3) is 0.538. The molecule has 1 heterocycles. The highest BCUT2D eigenvalue weighted by Gasteiger charge is 2.14. The first-order valence-electron chi connectivity index (χ1n) is 6.11. The largest absolute Gasteiger partial charge is 0.493 e. The lowest BCUT2D eigenvalue weighted by molar-refractivity contribution is 0.0785. The van der Waals surface area contributed by atoms with Crippen LogP contribution in [0.15, 0.2) is 12.3 Å². The average Bonchev–Trinajstić information content (AvgIpc) is 2.42. The summed E-state index contributed by atoms with van der Waals surface area (Å²) in [5.74, 6) is 1.12. The molecule has 0 aliphatic rings. The van der Waals surface area contributed by atoms with Crippen LogP contribution in [0.25, 0.3) is 0 Å². The van der Waals surface area contributed by atoms with Crippen molar-refractivity contribution in [3.05, 3.63) is 17.8 Å². The molecule has 0 saturated heterocycles. The zero-order valence-electron chi connectivity index (χ0n) is 12.2. The lowest BCUT2D eigenvalue weighted by atomic mass is 10.2. The van der Waals surface area contributed by atoms with Crippen molar-refractivity contribution in [2.24, 2.45) is 0 Å². The van der Waals surface area contributed by atoms with Crippen molar-refractivity contribution in [2.45, 2.75) is 0 Å². The minimum atomic E-state index is -0.0599. The van der Waals surface area contributed by atoms with E-state index in [-0.39, 0.29) is 5.91 Å². The summed E-state index contributed by atoms with van der Waals surface area (Å²) in [4.78, 5) is 20.1. The van der Waals surface area contributed by atoms with Crippen LogP contribution in [0.4, 0.5) is 5.82 Å². The van der Waals surface area contributed by atoms with Crippen molar-refractivity contribution < 1.29 is 9.53 Å². The molecule has 0 aliphatic carbocycles. The normalized spacial score (nSPS) is 10.4. The lowest BCUT2D eigenvalue weighted by Gasteiger charge is -2.20. The van der Waals surface area contributed by atoms with E-state index in [2.05, 4.69) is 10.3 Å². The summed E-state index contributed by atoms with van der Waals surface area (Å²) < 4.78 is 5.20. The number of nitrogens with zero attached hydrogens (tertiary/aromatic N) is 3. The van der Waals surface area contributed by atoms with Gasteiger partial charge in [0.25, 0.3) is 5.91 Å². The Balaban J connectivity index is 2.81. The van der Waals surface area contributed by atoms with E-state index in [4.69, 9.17) is 4.74 Å². The summed E-state index contributed by atoms with van der Waals surface area (Å²) in [6.07, 6.45) is 1.56. The number of likely N-dealkylation sites (N-methyl/N-ethyl adjacent to an activating group) is 2. The van der Waals surface area contributed by atoms with Crippen LogP contribution in [-0.2, 0) is 0 Å². The van der Waals surface area contributed by atoms with Crippen molar-refractivity contribution in [1.82, 2.24) is 14.8 Å². The number of hydrogen-bond acceptors (Lipinski definition) is 5. The van der Waals surface area contributed by atoms with Crippen LogP contribution in [-0.4, -0.2) is 69.1 Å². The molecule has 0 saturated carbocycles. The first-order valence-corrected chi connectivity index (χ1v) is 6.11. The number of hydrogen-bond donors (Lipinski definition) is 1. The SMILES string of the molecule is CNc1ncc(C(=O)N(C)CCN(C)C)cc1OC. The third-order valence-electron chi connectivity index (χ3n) is 2.79. The van der Waals surface area contributed by atoms with Crippen LogP contribution in [0.1, 0.15) is 10.4 Å². The van der Waals surface area contributed by atoms with Crippen LogP contribution < -0.4 is 10.1 Å². The molecule has 1 aromatic rings. The molecule has 0 aromatic carbocycles. The Bertz CT molecular complexity index is 435. The highest BCUT2D eigenvalue weighted by Crippen LogP contribution is 2.22. The number of pyridine rings is 1. The smallest absolute Gasteiger partial charge is 0.255 e. The summed E-state index contributed by atoms with van der Waals surface area (Å²) in [5.41, 5.74) is 0.525. The molecule has 6 heteroatoms. The molecule has 0 spiro atoms. The maximum absolute atomic E-state index is 12.2. The maximum atomic E-state index is 12.2. The molecule has 0 atom stereocenters. The van der Waals surface area contributed by atoms with Crippen molar-refractivity contribution in [1.29, 1.82) is 0 Å². The van der Waals surface area contributed by atoms with Crippen LogP contribution in [0.5, 0.6) is 5.75 Å². The van der Waals surface area contributed by atoms with Crippen molar-refractivity contribution in [2.75, 3.05) is 53.7 Å². The number of methoxy groups -OCH3 is 1. The molecule has 0 unspecified atom stereocenters. The van der Waals surface area contributed by atoms with E-state index < -0.39 is 0 Å². The predicted molar refractivity (Wildman–Crippen MR) is 75.9 cm³/mol. The van der Waals surface area contributed by atoms with Crippen molar-refractivity contribution >= 4 is 11.7 Å². The van der Waals surface area contributed by atoms with Gasteiger partial charge in [0.2, 0.25) is 0 Å². The summed E-state index contributed by atoms with van der Waals surface area (Å²) in [7, 11) is 9.05. The molecule has 6 nitrogen and oxygen atoms in total. The average molecular weight is 266 g/mol. The fourth-order valence-electron chi connectivity index (χ4n) is 1.58. The number of rotatable bonds is 6. The minimum Gasteiger partial charge on any atom is -0.493 e. The van der Waals surface area contributed by atoms with E-state index in [1.165, 1.54) is 0 Å². The Morgan fingerprint density at radius 3 is 2.58 bits per heavy atom. The topological polar surface area (TPSA) is 57.7 Å². The number of amides is 1. The van der Waals surface area contributed by atoms with Gasteiger partial charge in [0.15, 0.2) is 11.6 Å². The van der Waals surface area contributed by atoms with Gasteiger partial charge in [-0.2, -0.15) is 0 Å². The second-order valence-electron chi connectivity index (χ2n) is 4.55. The standard InChI is InChI=1S/C13H22N4O2/c1-14-12-11(19-5)8-10(9-15-12)13(18)17(4)7-6-16(2)3/h8-9H,6-7H2,1-5H3,(H,14,15). The van der Waals surface area contributed by atoms with Gasteiger partial charge in [0, 0.05) is 33.4 Å². The van der Waals surface area contributed by atoms with Crippen LogP contribution >= 0.6 is 0 Å². The Labute approximate surface area is 114 Å². The molecule has 1 amide bonds. The molecule has 0 radical (unpaired) electrons. The molecule has 1 N–H and O–H groups in total. The van der Waals surface area contributed by atoms with Crippen LogP contribution in [0.3, 0.4) is 0 Å². The Morgan fingerprint density at radius 2 is 2.05 bits per heavy atom. The first kappa shape index (κ1) is 15.2. The molecule has 1 rings (SSSR count). The lowest BCUT2D eigenvalue weighted by Crippen LogP contribution is -2.33. The maximum Gasteiger partial charge on any atom is 0.255 e. The van der Waals surface area contributed by atoms with Gasteiger partial charge < -0.3 is 19.9 Å². The van der Waals surface area contributed by atoms with Gasteiger partial charge in [-0.15, -0.1) is 0 Å². The van der Waals surface area contributed by atoms with Gasteiger partial charge in [0.1, 0.15) is 0 Å². The molecule has 19 heavy (non-hydrogen) atoms. The zero-order valence-corrected chi connectivity index (χ0v) is 12.2. The van der Waals surface area contributed by atoms with Gasteiger partial charge >= 0.3 is 0 Å². The van der Waals surface area contributed by atoms with E-state index in [0.29, 0.717) is 23.7 Å². The molecular weight excluding hydrogens is 244 g/mol. The summed E-state index contributed by atoms with van der Waals surface area (Å²) in [6, 6.07) is 1.70. The number of anilines is 1. The van der Waals surface area contributed by atoms with Gasteiger partial charge in [-0.3, -0.25) is 4.79 Å². The number of nitrogens with one attached hydrogen (secondary N) is 1. The van der Waals surface area contributed by atoms with E-state index in [9.17, 15) is 4.79 Å². The van der Waals surface area contributed by atoms with E-state index in [1.54, 1.807) is 38.4 Å². The van der Waals surface area contributed by atoms with E-state index >= 15 is 0 Å². The quantitative estimate of drug-likeness (QED) is 0.824. The highest BCUT2D eigenvalue weighted by atomic mass is 16.5. The van der Waals surface area contributed by atoms with E-state index in [1.807, 2.05) is 19.0 Å². The Hall–Kier alpha value is -1.82. The van der Waals surface area contributed by atoms with Crippen molar-refractivity contribution in [3.8, 4) is 5.75 Å². The Kier molecular flexibility index (Phi) is 5.57. The van der Waals surface area contributed by atoms with Crippen molar-refractivity contribution in [3.63, 3.8) is 0 Å². The number of ether oxygens (including phenoxy) is 1. The molecule has 1 aromatic heterocycles. The molecule has 106 valence electrons. The molecule has 0 bridgehead atoms. The molecule has 0 fully saturated rings. The second-order valence-corrected chi connectivity index (χ2v) is 4.55.